The minimum Gasteiger partial charge on any atom is -0.466 e. The van der Waals surface area contributed by atoms with Crippen LogP contribution in [0.25, 0.3) is 0 Å². The van der Waals surface area contributed by atoms with E-state index < -0.39 is 12.1 Å². The second kappa shape index (κ2) is 45.3. The van der Waals surface area contributed by atoms with E-state index in [1.54, 1.807) is 0 Å². The number of rotatable bonds is 45. The summed E-state index contributed by atoms with van der Waals surface area (Å²) in [4.78, 5) is 24.4. The number of carbonyl (C=O) groups is 2. The van der Waals surface area contributed by atoms with Crippen LogP contribution in [0.5, 0.6) is 0 Å². The van der Waals surface area contributed by atoms with Crippen LogP contribution >= 0.6 is 0 Å². The van der Waals surface area contributed by atoms with E-state index in [1.807, 2.05) is 0 Å². The van der Waals surface area contributed by atoms with Crippen molar-refractivity contribution in [2.75, 3.05) is 13.2 Å². The van der Waals surface area contributed by atoms with Crippen LogP contribution in [0.3, 0.4) is 0 Å². The largest absolute Gasteiger partial charge is 0.466 e. The number of unbranched alkanes of at least 4 members (excludes halogenated alkanes) is 32. The molecule has 0 aliphatic carbocycles. The zero-order chi connectivity index (χ0) is 40.1. The highest BCUT2D eigenvalue weighted by Crippen LogP contribution is 2.16. The van der Waals surface area contributed by atoms with Crippen molar-refractivity contribution in [2.45, 2.75) is 276 Å². The molecule has 0 radical (unpaired) electrons. The third-order valence-electron chi connectivity index (χ3n) is 11.3. The van der Waals surface area contributed by atoms with Crippen molar-refractivity contribution >= 4 is 11.9 Å². The lowest BCUT2D eigenvalue weighted by Crippen LogP contribution is -2.45. The fourth-order valence-corrected chi connectivity index (χ4v) is 7.51. The summed E-state index contributed by atoms with van der Waals surface area (Å²) in [6.45, 7) is 4.87. The molecule has 0 aliphatic rings. The lowest BCUT2D eigenvalue weighted by atomic mass is 10.0. The summed E-state index contributed by atoms with van der Waals surface area (Å²) in [6.07, 6.45) is 50.4. The molecule has 0 heterocycles. The predicted octanol–water partition coefficient (Wildman–Crippen LogP) is 14.2. The first kappa shape index (κ1) is 53.6. The number of esters is 1. The zero-order valence-electron chi connectivity index (χ0n) is 36.9. The van der Waals surface area contributed by atoms with E-state index in [9.17, 15) is 19.8 Å². The van der Waals surface area contributed by atoms with E-state index in [4.69, 9.17) is 4.74 Å². The van der Waals surface area contributed by atoms with E-state index in [0.29, 0.717) is 25.9 Å². The van der Waals surface area contributed by atoms with Crippen molar-refractivity contribution in [3.05, 3.63) is 12.2 Å². The Morgan fingerprint density at radius 2 is 0.855 bits per heavy atom. The van der Waals surface area contributed by atoms with Gasteiger partial charge in [0.15, 0.2) is 0 Å². The number of nitrogens with one attached hydrogen (secondary N) is 1. The molecule has 0 saturated heterocycles. The summed E-state index contributed by atoms with van der Waals surface area (Å²) >= 11 is 0. The van der Waals surface area contributed by atoms with Crippen LogP contribution in [-0.2, 0) is 14.3 Å². The lowest BCUT2D eigenvalue weighted by Gasteiger charge is -2.22. The number of hydrogen-bond donors (Lipinski definition) is 3. The van der Waals surface area contributed by atoms with Gasteiger partial charge in [0.2, 0.25) is 5.91 Å². The number of hydrogen-bond acceptors (Lipinski definition) is 5. The van der Waals surface area contributed by atoms with Gasteiger partial charge in [-0.2, -0.15) is 0 Å². The third-order valence-corrected chi connectivity index (χ3v) is 11.3. The Hall–Kier alpha value is -1.40. The standard InChI is InChI=1S/C49H95NO5/c1-3-5-7-9-11-13-14-15-16-17-18-19-23-27-31-35-39-43-49(54)55-44-40-36-32-28-24-21-20-22-26-30-34-38-42-48(53)50-46(45-51)47(52)41-37-33-29-25-12-10-8-6-4-2/h21,24,46-47,51-52H,3-20,22-23,25-45H2,1-2H3,(H,50,53)/b24-21-. The summed E-state index contributed by atoms with van der Waals surface area (Å²) in [6, 6.07) is -0.556. The second-order valence-corrected chi connectivity index (χ2v) is 16.8. The van der Waals surface area contributed by atoms with Crippen molar-refractivity contribution < 1.29 is 24.5 Å². The second-order valence-electron chi connectivity index (χ2n) is 16.8. The van der Waals surface area contributed by atoms with Crippen LogP contribution in [0.1, 0.15) is 264 Å². The number of aliphatic hydroxyl groups excluding tert-OH is 2. The van der Waals surface area contributed by atoms with Gasteiger partial charge >= 0.3 is 5.97 Å². The Balaban J connectivity index is 3.45. The van der Waals surface area contributed by atoms with Crippen molar-refractivity contribution in [2.24, 2.45) is 0 Å². The average Bonchev–Trinajstić information content (AvgIpc) is 3.18. The number of allylic oxidation sites excluding steroid dienone is 2. The van der Waals surface area contributed by atoms with Gasteiger partial charge in [-0.3, -0.25) is 9.59 Å². The Morgan fingerprint density at radius 1 is 0.491 bits per heavy atom. The minimum atomic E-state index is -0.677. The molecule has 2 atom stereocenters. The Bertz CT molecular complexity index is 817. The number of aliphatic hydroxyl groups is 2. The predicted molar refractivity (Wildman–Crippen MR) is 237 cm³/mol. The Morgan fingerprint density at radius 3 is 1.29 bits per heavy atom. The lowest BCUT2D eigenvalue weighted by molar-refractivity contribution is -0.143. The van der Waals surface area contributed by atoms with E-state index in [2.05, 4.69) is 31.3 Å². The van der Waals surface area contributed by atoms with E-state index >= 15 is 0 Å². The topological polar surface area (TPSA) is 95.9 Å². The van der Waals surface area contributed by atoms with Gasteiger partial charge in [-0.25, -0.2) is 0 Å². The zero-order valence-corrected chi connectivity index (χ0v) is 36.9. The molecule has 6 heteroatoms. The van der Waals surface area contributed by atoms with Crippen molar-refractivity contribution in [3.8, 4) is 0 Å². The minimum absolute atomic E-state index is 0.0193. The number of carbonyl (C=O) groups excluding carboxylic acids is 2. The van der Waals surface area contributed by atoms with Crippen molar-refractivity contribution in [1.29, 1.82) is 0 Å². The van der Waals surface area contributed by atoms with Gasteiger partial charge in [0.05, 0.1) is 25.4 Å². The third kappa shape index (κ3) is 42.0. The van der Waals surface area contributed by atoms with E-state index in [-0.39, 0.29) is 18.5 Å². The summed E-state index contributed by atoms with van der Waals surface area (Å²) in [5, 5.41) is 23.0. The molecule has 6 nitrogen and oxygen atoms in total. The first-order chi connectivity index (χ1) is 27.0. The maximum atomic E-state index is 12.4. The highest BCUT2D eigenvalue weighted by Gasteiger charge is 2.20. The van der Waals surface area contributed by atoms with Crippen LogP contribution in [0.2, 0.25) is 0 Å². The smallest absolute Gasteiger partial charge is 0.305 e. The van der Waals surface area contributed by atoms with Gasteiger partial charge in [-0.15, -0.1) is 0 Å². The molecule has 0 bridgehead atoms. The van der Waals surface area contributed by atoms with E-state index in [0.717, 1.165) is 77.0 Å². The quantitative estimate of drug-likeness (QED) is 0.0325. The van der Waals surface area contributed by atoms with Gasteiger partial charge in [0, 0.05) is 12.8 Å². The Labute approximate surface area is 342 Å². The van der Waals surface area contributed by atoms with Crippen molar-refractivity contribution in [3.63, 3.8) is 0 Å². The molecule has 2 unspecified atom stereocenters. The van der Waals surface area contributed by atoms with Crippen LogP contribution in [0, 0.1) is 0 Å². The fraction of sp³-hybridized carbons (Fsp3) is 0.918. The molecule has 1 amide bonds. The molecule has 55 heavy (non-hydrogen) atoms. The SMILES string of the molecule is CCCCCCCCCCCCCCCCCCCC(=O)OCCCCC/C=C\CCCCCCCC(=O)NC(CO)C(O)CCCCCCCCCCC. The highest BCUT2D eigenvalue weighted by atomic mass is 16.5. The molecular weight excluding hydrogens is 683 g/mol. The summed E-state index contributed by atoms with van der Waals surface area (Å²) in [5.41, 5.74) is 0. The summed E-state index contributed by atoms with van der Waals surface area (Å²) in [5.74, 6) is -0.0823. The number of amides is 1. The summed E-state index contributed by atoms with van der Waals surface area (Å²) < 4.78 is 5.45. The Kier molecular flexibility index (Phi) is 44.2. The molecule has 0 rings (SSSR count). The molecule has 326 valence electrons. The molecule has 0 aromatic carbocycles. The van der Waals surface area contributed by atoms with Crippen LogP contribution < -0.4 is 5.32 Å². The van der Waals surface area contributed by atoms with Crippen molar-refractivity contribution in [1.82, 2.24) is 5.32 Å². The molecular formula is C49H95NO5. The van der Waals surface area contributed by atoms with Crippen LogP contribution in [0.15, 0.2) is 12.2 Å². The van der Waals surface area contributed by atoms with Gasteiger partial charge in [-0.1, -0.05) is 206 Å². The molecule has 0 fully saturated rings. The normalized spacial score (nSPS) is 12.7. The van der Waals surface area contributed by atoms with Gasteiger partial charge in [-0.05, 0) is 57.8 Å². The molecule has 3 N–H and O–H groups in total. The molecule has 0 aromatic rings. The van der Waals surface area contributed by atoms with E-state index in [1.165, 1.54) is 154 Å². The maximum Gasteiger partial charge on any atom is 0.305 e. The summed E-state index contributed by atoms with van der Waals surface area (Å²) in [7, 11) is 0. The first-order valence-electron chi connectivity index (χ1n) is 24.4. The molecule has 0 spiro atoms. The monoisotopic (exact) mass is 778 g/mol. The average molecular weight is 778 g/mol. The highest BCUT2D eigenvalue weighted by molar-refractivity contribution is 5.76. The first-order valence-corrected chi connectivity index (χ1v) is 24.4. The fourth-order valence-electron chi connectivity index (χ4n) is 7.51. The van der Waals surface area contributed by atoms with Gasteiger partial charge in [0.1, 0.15) is 0 Å². The maximum absolute atomic E-state index is 12.4. The number of ether oxygens (including phenoxy) is 1. The van der Waals surface area contributed by atoms with Crippen LogP contribution in [-0.4, -0.2) is 47.4 Å². The molecule has 0 aromatic heterocycles. The van der Waals surface area contributed by atoms with Gasteiger partial charge < -0.3 is 20.3 Å². The molecule has 0 aliphatic heterocycles. The molecule has 0 saturated carbocycles. The van der Waals surface area contributed by atoms with Crippen LogP contribution in [0.4, 0.5) is 0 Å². The van der Waals surface area contributed by atoms with Gasteiger partial charge in [0.25, 0.3) is 0 Å².